The average Bonchev–Trinajstić information content (AvgIpc) is 2.42. The first-order valence-electron chi connectivity index (χ1n) is 6.94. The third kappa shape index (κ3) is 4.15. The van der Waals surface area contributed by atoms with E-state index in [0.29, 0.717) is 16.5 Å². The number of nitrogen functional groups attached to an aromatic ring is 1. The molecule has 2 unspecified atom stereocenters. The van der Waals surface area contributed by atoms with E-state index in [0.717, 1.165) is 23.7 Å². The molecule has 0 heterocycles. The van der Waals surface area contributed by atoms with Crippen molar-refractivity contribution < 1.29 is 8.42 Å². The van der Waals surface area contributed by atoms with Gasteiger partial charge in [-0.2, -0.15) is 11.8 Å². The molecule has 4 nitrogen and oxygen atoms in total. The number of hydrogen-bond donors (Lipinski definition) is 2. The minimum absolute atomic E-state index is 0.0190. The van der Waals surface area contributed by atoms with Crippen LogP contribution in [0, 0.1) is 6.92 Å². The summed E-state index contributed by atoms with van der Waals surface area (Å²) in [6, 6.07) is 3.29. The number of anilines is 1. The number of thioether (sulfide) groups is 1. The predicted molar refractivity (Wildman–Crippen MR) is 93.2 cm³/mol. The van der Waals surface area contributed by atoms with Gasteiger partial charge in [-0.15, -0.1) is 0 Å². The van der Waals surface area contributed by atoms with Crippen molar-refractivity contribution in [3.8, 4) is 0 Å². The van der Waals surface area contributed by atoms with Gasteiger partial charge in [0.1, 0.15) is 0 Å². The molecule has 1 aliphatic rings. The Morgan fingerprint density at radius 3 is 2.76 bits per heavy atom. The van der Waals surface area contributed by atoms with Crippen molar-refractivity contribution in [3.63, 3.8) is 0 Å². The summed E-state index contributed by atoms with van der Waals surface area (Å²) in [7, 11) is -3.52. The molecule has 118 valence electrons. The third-order valence-electron chi connectivity index (χ3n) is 3.87. The second-order valence-corrected chi connectivity index (χ2v) is 9.16. The fourth-order valence-corrected chi connectivity index (χ4v) is 5.54. The van der Waals surface area contributed by atoms with E-state index in [1.807, 2.05) is 11.8 Å². The number of aryl methyl sites for hydroxylation is 1. The Bertz CT molecular complexity index is 620. The normalized spacial score (nSPS) is 23.2. The molecule has 2 atom stereocenters. The summed E-state index contributed by atoms with van der Waals surface area (Å²) < 4.78 is 28.8. The fourth-order valence-electron chi connectivity index (χ4n) is 2.71. The van der Waals surface area contributed by atoms with Crippen LogP contribution >= 0.6 is 27.7 Å². The molecule has 0 aliphatic heterocycles. The van der Waals surface area contributed by atoms with Crippen molar-refractivity contribution in [1.29, 1.82) is 0 Å². The van der Waals surface area contributed by atoms with E-state index in [2.05, 4.69) is 26.9 Å². The van der Waals surface area contributed by atoms with Crippen molar-refractivity contribution in [2.75, 3.05) is 12.0 Å². The van der Waals surface area contributed by atoms with Crippen LogP contribution in [0.4, 0.5) is 5.69 Å². The van der Waals surface area contributed by atoms with Gasteiger partial charge in [0.25, 0.3) is 0 Å². The molecule has 21 heavy (non-hydrogen) atoms. The Hall–Kier alpha value is -0.240. The van der Waals surface area contributed by atoms with E-state index in [-0.39, 0.29) is 10.9 Å². The lowest BCUT2D eigenvalue weighted by molar-refractivity contribution is 0.420. The Labute approximate surface area is 139 Å². The van der Waals surface area contributed by atoms with Gasteiger partial charge in [-0.3, -0.25) is 0 Å². The van der Waals surface area contributed by atoms with Crippen LogP contribution in [0.25, 0.3) is 0 Å². The zero-order chi connectivity index (χ0) is 15.6. The van der Waals surface area contributed by atoms with Crippen LogP contribution in [-0.4, -0.2) is 26.0 Å². The summed E-state index contributed by atoms with van der Waals surface area (Å²) >= 11 is 5.14. The lowest BCUT2D eigenvalue weighted by Crippen LogP contribution is -2.39. The molecule has 7 heteroatoms. The summed E-state index contributed by atoms with van der Waals surface area (Å²) in [5.41, 5.74) is 6.95. The SMILES string of the molecule is CSC1CCCC(NS(=O)(=O)c2cc(N)c(Br)cc2C)C1. The molecule has 0 bridgehead atoms. The smallest absolute Gasteiger partial charge is 0.241 e. The van der Waals surface area contributed by atoms with Crippen LogP contribution in [0.15, 0.2) is 21.5 Å². The molecule has 1 aliphatic carbocycles. The van der Waals surface area contributed by atoms with Crippen LogP contribution in [0.3, 0.4) is 0 Å². The molecule has 0 amide bonds. The van der Waals surface area contributed by atoms with Crippen molar-refractivity contribution in [2.45, 2.75) is 48.8 Å². The molecule has 1 aromatic carbocycles. The summed E-state index contributed by atoms with van der Waals surface area (Å²) in [4.78, 5) is 0.273. The second-order valence-electron chi connectivity index (χ2n) is 5.48. The quantitative estimate of drug-likeness (QED) is 0.770. The molecule has 0 radical (unpaired) electrons. The van der Waals surface area contributed by atoms with E-state index in [1.165, 1.54) is 12.5 Å². The maximum Gasteiger partial charge on any atom is 0.241 e. The first-order valence-corrected chi connectivity index (χ1v) is 10.5. The van der Waals surface area contributed by atoms with Gasteiger partial charge in [-0.1, -0.05) is 6.42 Å². The Balaban J connectivity index is 2.20. The summed E-state index contributed by atoms with van der Waals surface area (Å²) in [5, 5.41) is 0.544. The minimum atomic E-state index is -3.52. The molecule has 0 spiro atoms. The highest BCUT2D eigenvalue weighted by Crippen LogP contribution is 2.30. The second kappa shape index (κ2) is 6.89. The Morgan fingerprint density at radius 2 is 2.10 bits per heavy atom. The largest absolute Gasteiger partial charge is 0.398 e. The highest BCUT2D eigenvalue weighted by molar-refractivity contribution is 9.10. The summed E-state index contributed by atoms with van der Waals surface area (Å²) in [6.45, 7) is 1.78. The van der Waals surface area contributed by atoms with Gasteiger partial charge in [0.05, 0.1) is 4.90 Å². The zero-order valence-corrected chi connectivity index (χ0v) is 15.4. The van der Waals surface area contributed by atoms with Crippen LogP contribution < -0.4 is 10.5 Å². The zero-order valence-electron chi connectivity index (χ0n) is 12.2. The minimum Gasteiger partial charge on any atom is -0.398 e. The van der Waals surface area contributed by atoms with Crippen LogP contribution in [0.5, 0.6) is 0 Å². The van der Waals surface area contributed by atoms with Crippen LogP contribution in [0.2, 0.25) is 0 Å². The van der Waals surface area contributed by atoms with E-state index < -0.39 is 10.0 Å². The van der Waals surface area contributed by atoms with Crippen molar-refractivity contribution in [1.82, 2.24) is 4.72 Å². The number of sulfonamides is 1. The van der Waals surface area contributed by atoms with Crippen molar-refractivity contribution in [2.24, 2.45) is 0 Å². The maximum atomic E-state index is 12.6. The number of hydrogen-bond acceptors (Lipinski definition) is 4. The topological polar surface area (TPSA) is 72.2 Å². The standard InChI is InChI=1S/C14H21BrN2O2S2/c1-9-6-12(15)13(16)8-14(9)21(18,19)17-10-4-3-5-11(7-10)20-2/h6,8,10-11,17H,3-5,7,16H2,1-2H3. The number of rotatable bonds is 4. The number of nitrogens with two attached hydrogens (primary N) is 1. The Kier molecular flexibility index (Phi) is 5.62. The molecular formula is C14H21BrN2O2S2. The first-order chi connectivity index (χ1) is 9.83. The molecule has 2 rings (SSSR count). The van der Waals surface area contributed by atoms with Gasteiger partial charge in [0.15, 0.2) is 0 Å². The van der Waals surface area contributed by atoms with Gasteiger partial charge >= 0.3 is 0 Å². The van der Waals surface area contributed by atoms with E-state index >= 15 is 0 Å². The van der Waals surface area contributed by atoms with Gasteiger partial charge in [0.2, 0.25) is 10.0 Å². The molecule has 1 fully saturated rings. The summed E-state index contributed by atoms with van der Waals surface area (Å²) in [6.07, 6.45) is 6.12. The number of halogens is 1. The van der Waals surface area contributed by atoms with Gasteiger partial charge in [-0.05, 0) is 66.1 Å². The Morgan fingerprint density at radius 1 is 1.38 bits per heavy atom. The number of benzene rings is 1. The maximum absolute atomic E-state index is 12.6. The third-order valence-corrected chi connectivity index (χ3v) is 7.31. The molecular weight excluding hydrogens is 372 g/mol. The predicted octanol–water partition coefficient (Wildman–Crippen LogP) is 3.29. The van der Waals surface area contributed by atoms with Gasteiger partial charge in [0, 0.05) is 21.5 Å². The van der Waals surface area contributed by atoms with Gasteiger partial charge < -0.3 is 5.73 Å². The molecule has 0 saturated heterocycles. The van der Waals surface area contributed by atoms with Crippen LogP contribution in [-0.2, 0) is 10.0 Å². The van der Waals surface area contributed by atoms with Crippen molar-refractivity contribution in [3.05, 3.63) is 22.2 Å². The van der Waals surface area contributed by atoms with Crippen molar-refractivity contribution >= 4 is 43.4 Å². The molecule has 1 saturated carbocycles. The highest BCUT2D eigenvalue weighted by Gasteiger charge is 2.27. The molecule has 3 N–H and O–H groups in total. The number of nitrogens with one attached hydrogen (secondary N) is 1. The van der Waals surface area contributed by atoms with E-state index in [1.54, 1.807) is 13.0 Å². The summed E-state index contributed by atoms with van der Waals surface area (Å²) in [5.74, 6) is 0. The van der Waals surface area contributed by atoms with E-state index in [9.17, 15) is 8.42 Å². The highest BCUT2D eigenvalue weighted by atomic mass is 79.9. The first kappa shape index (κ1) is 17.1. The lowest BCUT2D eigenvalue weighted by atomic mass is 9.96. The van der Waals surface area contributed by atoms with E-state index in [4.69, 9.17) is 5.73 Å². The lowest BCUT2D eigenvalue weighted by Gasteiger charge is -2.28. The fraction of sp³-hybridized carbons (Fsp3) is 0.571. The molecule has 0 aromatic heterocycles. The average molecular weight is 393 g/mol. The monoisotopic (exact) mass is 392 g/mol. The molecule has 1 aromatic rings. The van der Waals surface area contributed by atoms with Gasteiger partial charge in [-0.25, -0.2) is 13.1 Å². The van der Waals surface area contributed by atoms with Crippen LogP contribution in [0.1, 0.15) is 31.2 Å².